The summed E-state index contributed by atoms with van der Waals surface area (Å²) in [5, 5.41) is 4.02. The SMILES string of the molecule is Cc1cc(C(=O)Nc2cc(Cl)ccc2N(C)C)c2ccc(F)cc2n1. The average Bonchev–Trinajstić information content (AvgIpc) is 2.53. The maximum atomic E-state index is 13.5. The summed E-state index contributed by atoms with van der Waals surface area (Å²) in [6.45, 7) is 1.77. The number of halogens is 2. The lowest BCUT2D eigenvalue weighted by Gasteiger charge is -2.18. The molecule has 0 saturated heterocycles. The molecule has 1 N–H and O–H groups in total. The number of hydrogen-bond acceptors (Lipinski definition) is 3. The van der Waals surface area contributed by atoms with Crippen molar-refractivity contribution in [1.29, 1.82) is 0 Å². The van der Waals surface area contributed by atoms with Crippen LogP contribution >= 0.6 is 11.6 Å². The number of anilines is 2. The Kier molecular flexibility index (Phi) is 4.59. The summed E-state index contributed by atoms with van der Waals surface area (Å²) in [6, 6.07) is 11.2. The summed E-state index contributed by atoms with van der Waals surface area (Å²) in [5.41, 5.74) is 2.96. The Morgan fingerprint density at radius 3 is 2.64 bits per heavy atom. The molecule has 0 aliphatic heterocycles. The molecule has 2 aromatic carbocycles. The van der Waals surface area contributed by atoms with Crippen molar-refractivity contribution in [1.82, 2.24) is 4.98 Å². The lowest BCUT2D eigenvalue weighted by molar-refractivity contribution is 0.102. The van der Waals surface area contributed by atoms with Crippen molar-refractivity contribution in [2.24, 2.45) is 0 Å². The van der Waals surface area contributed by atoms with Crippen molar-refractivity contribution in [3.05, 3.63) is 64.6 Å². The minimum atomic E-state index is -0.387. The minimum absolute atomic E-state index is 0.299. The van der Waals surface area contributed by atoms with Crippen LogP contribution in [0, 0.1) is 12.7 Å². The van der Waals surface area contributed by atoms with Gasteiger partial charge >= 0.3 is 0 Å². The van der Waals surface area contributed by atoms with E-state index in [-0.39, 0.29) is 11.7 Å². The molecule has 0 aliphatic rings. The topological polar surface area (TPSA) is 45.2 Å². The number of carbonyl (C=O) groups is 1. The van der Waals surface area contributed by atoms with Crippen molar-refractivity contribution in [3.8, 4) is 0 Å². The van der Waals surface area contributed by atoms with E-state index in [1.54, 1.807) is 31.2 Å². The molecule has 3 rings (SSSR count). The molecule has 25 heavy (non-hydrogen) atoms. The highest BCUT2D eigenvalue weighted by Gasteiger charge is 2.15. The van der Waals surface area contributed by atoms with E-state index in [4.69, 9.17) is 11.6 Å². The number of carbonyl (C=O) groups excluding carboxylic acids is 1. The molecule has 1 aromatic heterocycles. The Balaban J connectivity index is 2.06. The molecule has 0 bridgehead atoms. The second-order valence-electron chi connectivity index (χ2n) is 5.98. The Morgan fingerprint density at radius 1 is 1.16 bits per heavy atom. The van der Waals surface area contributed by atoms with Gasteiger partial charge in [-0.3, -0.25) is 9.78 Å². The first kappa shape index (κ1) is 17.2. The molecular formula is C19H17ClFN3O. The summed E-state index contributed by atoms with van der Waals surface area (Å²) in [4.78, 5) is 19.0. The van der Waals surface area contributed by atoms with Crippen LogP contribution in [-0.4, -0.2) is 25.0 Å². The maximum Gasteiger partial charge on any atom is 0.256 e. The molecule has 6 heteroatoms. The third-order valence-corrected chi connectivity index (χ3v) is 4.07. The van der Waals surface area contributed by atoms with E-state index in [0.717, 1.165) is 5.69 Å². The van der Waals surface area contributed by atoms with Crippen LogP contribution in [0.2, 0.25) is 5.02 Å². The first-order valence-electron chi connectivity index (χ1n) is 7.70. The molecule has 128 valence electrons. The lowest BCUT2D eigenvalue weighted by Crippen LogP contribution is -2.17. The number of fused-ring (bicyclic) bond motifs is 1. The Bertz CT molecular complexity index is 967. The van der Waals surface area contributed by atoms with E-state index in [9.17, 15) is 9.18 Å². The molecule has 0 fully saturated rings. The minimum Gasteiger partial charge on any atom is -0.376 e. The van der Waals surface area contributed by atoms with E-state index >= 15 is 0 Å². The first-order chi connectivity index (χ1) is 11.8. The summed E-state index contributed by atoms with van der Waals surface area (Å²) in [7, 11) is 3.77. The van der Waals surface area contributed by atoms with Crippen molar-refractivity contribution >= 4 is 39.8 Å². The van der Waals surface area contributed by atoms with Crippen LogP contribution in [0.1, 0.15) is 16.1 Å². The smallest absolute Gasteiger partial charge is 0.256 e. The van der Waals surface area contributed by atoms with Gasteiger partial charge in [-0.05, 0) is 43.3 Å². The fourth-order valence-corrected chi connectivity index (χ4v) is 2.88. The van der Waals surface area contributed by atoms with Gasteiger partial charge in [0.2, 0.25) is 0 Å². The molecule has 3 aromatic rings. The zero-order valence-electron chi connectivity index (χ0n) is 14.1. The van der Waals surface area contributed by atoms with Gasteiger partial charge in [0, 0.05) is 36.3 Å². The summed E-state index contributed by atoms with van der Waals surface area (Å²) in [6.07, 6.45) is 0. The van der Waals surface area contributed by atoms with E-state index in [1.807, 2.05) is 25.1 Å². The van der Waals surface area contributed by atoms with Crippen molar-refractivity contribution in [3.63, 3.8) is 0 Å². The van der Waals surface area contributed by atoms with E-state index in [1.165, 1.54) is 12.1 Å². The molecule has 0 spiro atoms. The number of hydrogen-bond donors (Lipinski definition) is 1. The summed E-state index contributed by atoms with van der Waals surface area (Å²) >= 11 is 6.07. The van der Waals surface area contributed by atoms with Crippen LogP contribution in [0.4, 0.5) is 15.8 Å². The van der Waals surface area contributed by atoms with Gasteiger partial charge in [-0.1, -0.05) is 11.6 Å². The van der Waals surface area contributed by atoms with Crippen molar-refractivity contribution in [2.75, 3.05) is 24.3 Å². The van der Waals surface area contributed by atoms with Crippen molar-refractivity contribution in [2.45, 2.75) is 6.92 Å². The molecule has 0 radical (unpaired) electrons. The van der Waals surface area contributed by atoms with Crippen LogP contribution in [0.15, 0.2) is 42.5 Å². The zero-order chi connectivity index (χ0) is 18.1. The Hall–Kier alpha value is -2.66. The van der Waals surface area contributed by atoms with E-state index < -0.39 is 0 Å². The maximum absolute atomic E-state index is 13.5. The van der Waals surface area contributed by atoms with Crippen LogP contribution in [0.25, 0.3) is 10.9 Å². The van der Waals surface area contributed by atoms with Gasteiger partial charge < -0.3 is 10.2 Å². The number of aryl methyl sites for hydroxylation is 1. The predicted molar refractivity (Wildman–Crippen MR) is 100 cm³/mol. The van der Waals surface area contributed by atoms with Gasteiger partial charge in [0.1, 0.15) is 5.82 Å². The van der Waals surface area contributed by atoms with Gasteiger partial charge in [0.25, 0.3) is 5.91 Å². The number of pyridine rings is 1. The monoisotopic (exact) mass is 357 g/mol. The number of benzene rings is 2. The Morgan fingerprint density at radius 2 is 1.92 bits per heavy atom. The van der Waals surface area contributed by atoms with Gasteiger partial charge in [0.15, 0.2) is 0 Å². The number of amides is 1. The number of nitrogens with zero attached hydrogens (tertiary/aromatic N) is 2. The largest absolute Gasteiger partial charge is 0.376 e. The zero-order valence-corrected chi connectivity index (χ0v) is 14.9. The highest BCUT2D eigenvalue weighted by Crippen LogP contribution is 2.29. The molecule has 1 heterocycles. The first-order valence-corrected chi connectivity index (χ1v) is 8.08. The third-order valence-electron chi connectivity index (χ3n) is 3.83. The quantitative estimate of drug-likeness (QED) is 0.741. The highest BCUT2D eigenvalue weighted by atomic mass is 35.5. The molecular weight excluding hydrogens is 341 g/mol. The van der Waals surface area contributed by atoms with Gasteiger partial charge in [0.05, 0.1) is 22.5 Å². The summed E-state index contributed by atoms with van der Waals surface area (Å²) < 4.78 is 13.5. The molecule has 0 saturated carbocycles. The van der Waals surface area contributed by atoms with Crippen LogP contribution in [-0.2, 0) is 0 Å². The highest BCUT2D eigenvalue weighted by molar-refractivity contribution is 6.31. The van der Waals surface area contributed by atoms with Gasteiger partial charge in [-0.15, -0.1) is 0 Å². The lowest BCUT2D eigenvalue weighted by atomic mass is 10.1. The molecule has 0 aliphatic carbocycles. The van der Waals surface area contributed by atoms with Crippen LogP contribution < -0.4 is 10.2 Å². The van der Waals surface area contributed by atoms with Gasteiger partial charge in [-0.25, -0.2) is 4.39 Å². The third kappa shape index (κ3) is 3.56. The molecule has 1 amide bonds. The standard InChI is InChI=1S/C19H17ClFN3O/c1-11-8-15(14-6-5-13(21)10-16(14)22-11)19(25)23-17-9-12(20)4-7-18(17)24(2)3/h4-10H,1-3H3,(H,23,25). The normalized spacial score (nSPS) is 10.8. The second kappa shape index (κ2) is 6.69. The number of nitrogens with one attached hydrogen (secondary N) is 1. The molecule has 0 atom stereocenters. The fraction of sp³-hybridized carbons (Fsp3) is 0.158. The van der Waals surface area contributed by atoms with E-state index in [2.05, 4.69) is 10.3 Å². The van der Waals surface area contributed by atoms with Crippen LogP contribution in [0.5, 0.6) is 0 Å². The summed E-state index contributed by atoms with van der Waals surface area (Å²) in [5.74, 6) is -0.686. The number of aromatic nitrogens is 1. The number of rotatable bonds is 3. The average molecular weight is 358 g/mol. The van der Waals surface area contributed by atoms with E-state index in [0.29, 0.717) is 32.9 Å². The fourth-order valence-electron chi connectivity index (χ4n) is 2.71. The van der Waals surface area contributed by atoms with Gasteiger partial charge in [-0.2, -0.15) is 0 Å². The van der Waals surface area contributed by atoms with Crippen molar-refractivity contribution < 1.29 is 9.18 Å². The second-order valence-corrected chi connectivity index (χ2v) is 6.42. The predicted octanol–water partition coefficient (Wildman–Crippen LogP) is 4.65. The molecule has 4 nitrogen and oxygen atoms in total. The molecule has 0 unspecified atom stereocenters. The Labute approximate surface area is 150 Å². The van der Waals surface area contributed by atoms with Crippen LogP contribution in [0.3, 0.4) is 0 Å².